The molecule has 3 aromatic carbocycles. The fraction of sp³-hybridized carbons (Fsp3) is 0.103. The normalized spacial score (nSPS) is 11.4. The average Bonchev–Trinajstić information content (AvgIpc) is 3.41. The summed E-state index contributed by atoms with van der Waals surface area (Å²) in [6.45, 7) is 2.16. The topological polar surface area (TPSA) is 53.4 Å². The van der Waals surface area contributed by atoms with Crippen molar-refractivity contribution in [2.24, 2.45) is 12.0 Å². The Morgan fingerprint density at radius 3 is 2.31 bits per heavy atom. The Kier molecular flexibility index (Phi) is 6.44. The van der Waals surface area contributed by atoms with E-state index in [1.165, 1.54) is 11.3 Å². The number of rotatable bonds is 6. The number of benzene rings is 3. The van der Waals surface area contributed by atoms with E-state index in [1.54, 1.807) is 4.68 Å². The van der Waals surface area contributed by atoms with Crippen molar-refractivity contribution in [3.05, 3.63) is 111 Å². The van der Waals surface area contributed by atoms with Gasteiger partial charge < -0.3 is 4.74 Å². The van der Waals surface area contributed by atoms with E-state index in [0.29, 0.717) is 16.2 Å². The molecule has 0 aliphatic heterocycles. The van der Waals surface area contributed by atoms with Gasteiger partial charge in [0.1, 0.15) is 18.0 Å². The highest BCUT2D eigenvalue weighted by Gasteiger charge is 2.22. The molecule has 0 unspecified atom stereocenters. The molecule has 0 atom stereocenters. The third-order valence-corrected chi connectivity index (χ3v) is 6.73. The van der Waals surface area contributed by atoms with E-state index in [2.05, 4.69) is 5.92 Å². The number of aromatic nitrogens is 3. The molecule has 0 bridgehead atoms. The quantitative estimate of drug-likeness (QED) is 0.304. The minimum atomic E-state index is -0.121. The molecule has 0 spiro atoms. The van der Waals surface area contributed by atoms with Crippen molar-refractivity contribution >= 4 is 17.0 Å². The van der Waals surface area contributed by atoms with E-state index in [4.69, 9.17) is 16.2 Å². The molecule has 0 fully saturated rings. The number of hydrogen-bond acceptors (Lipinski definition) is 4. The second-order valence-electron chi connectivity index (χ2n) is 8.11. The number of para-hydroxylation sites is 2. The summed E-state index contributed by atoms with van der Waals surface area (Å²) < 4.78 is 11.0. The number of terminal acetylenes is 1. The summed E-state index contributed by atoms with van der Waals surface area (Å²) in [4.78, 5) is 19.5. The largest absolute Gasteiger partial charge is 0.481 e. The molecule has 0 aliphatic carbocycles. The summed E-state index contributed by atoms with van der Waals surface area (Å²) in [7, 11) is 1.89. The fourth-order valence-corrected chi connectivity index (χ4v) is 4.99. The van der Waals surface area contributed by atoms with Crippen LogP contribution in [0.25, 0.3) is 22.6 Å². The standard InChI is InChI=1S/C29H24N4O2S/c1-4-19-35-25-17-15-22(16-18-25)26-20-36-29(30-23-11-7-5-8-12-23)32(26)27-21(2)31(3)33(28(27)34)24-13-9-6-10-14-24/h1,5-18,20H,19H2,2-3H3. The van der Waals surface area contributed by atoms with E-state index in [1.807, 2.05) is 114 Å². The van der Waals surface area contributed by atoms with Crippen LogP contribution in [-0.4, -0.2) is 20.5 Å². The Balaban J connectivity index is 1.75. The van der Waals surface area contributed by atoms with Crippen LogP contribution in [-0.2, 0) is 7.05 Å². The lowest BCUT2D eigenvalue weighted by atomic mass is 10.1. The Hall–Kier alpha value is -4.54. The number of thiazole rings is 1. The minimum Gasteiger partial charge on any atom is -0.481 e. The third kappa shape index (κ3) is 4.30. The van der Waals surface area contributed by atoms with Crippen molar-refractivity contribution in [1.82, 2.24) is 13.9 Å². The van der Waals surface area contributed by atoms with Crippen LogP contribution in [0.4, 0.5) is 5.69 Å². The molecule has 2 heterocycles. The third-order valence-electron chi connectivity index (χ3n) is 5.91. The van der Waals surface area contributed by atoms with Crippen LogP contribution in [0.5, 0.6) is 5.75 Å². The van der Waals surface area contributed by atoms with Crippen molar-refractivity contribution in [2.75, 3.05) is 6.61 Å². The van der Waals surface area contributed by atoms with Gasteiger partial charge in [0.15, 0.2) is 4.80 Å². The summed E-state index contributed by atoms with van der Waals surface area (Å²) in [6, 6.07) is 27.1. The average molecular weight is 493 g/mol. The summed E-state index contributed by atoms with van der Waals surface area (Å²) >= 11 is 1.49. The summed E-state index contributed by atoms with van der Waals surface area (Å²) in [5.74, 6) is 3.17. The zero-order valence-corrected chi connectivity index (χ0v) is 20.8. The van der Waals surface area contributed by atoms with Crippen LogP contribution in [0.1, 0.15) is 5.69 Å². The van der Waals surface area contributed by atoms with Gasteiger partial charge in [-0.25, -0.2) is 9.67 Å². The van der Waals surface area contributed by atoms with E-state index in [0.717, 1.165) is 28.3 Å². The van der Waals surface area contributed by atoms with Gasteiger partial charge in [0, 0.05) is 12.4 Å². The molecule has 0 amide bonds. The zero-order chi connectivity index (χ0) is 25.1. The molecule has 5 aromatic rings. The van der Waals surface area contributed by atoms with Crippen molar-refractivity contribution in [2.45, 2.75) is 6.92 Å². The lowest BCUT2D eigenvalue weighted by Gasteiger charge is -2.09. The highest BCUT2D eigenvalue weighted by atomic mass is 32.1. The Labute approximate surface area is 213 Å². The van der Waals surface area contributed by atoms with Gasteiger partial charge in [-0.05, 0) is 61.0 Å². The minimum absolute atomic E-state index is 0.121. The maximum atomic E-state index is 13.9. The Bertz CT molecular complexity index is 1670. The van der Waals surface area contributed by atoms with Crippen LogP contribution in [0.2, 0.25) is 0 Å². The molecule has 178 valence electrons. The van der Waals surface area contributed by atoms with Crippen molar-refractivity contribution in [1.29, 1.82) is 0 Å². The molecule has 6 nitrogen and oxygen atoms in total. The Morgan fingerprint density at radius 2 is 1.64 bits per heavy atom. The van der Waals surface area contributed by atoms with Crippen molar-refractivity contribution in [3.8, 4) is 40.7 Å². The molecule has 0 aliphatic rings. The van der Waals surface area contributed by atoms with Gasteiger partial charge in [0.25, 0.3) is 5.56 Å². The van der Waals surface area contributed by atoms with Gasteiger partial charge in [-0.2, -0.15) is 0 Å². The van der Waals surface area contributed by atoms with Crippen molar-refractivity contribution < 1.29 is 4.74 Å². The van der Waals surface area contributed by atoms with E-state index >= 15 is 0 Å². The lowest BCUT2D eigenvalue weighted by molar-refractivity contribution is 0.370. The molecule has 0 N–H and O–H groups in total. The SMILES string of the molecule is C#CCOc1ccc(-c2csc(=Nc3ccccc3)n2-c2c(C)n(C)n(-c3ccccc3)c2=O)cc1. The monoisotopic (exact) mass is 492 g/mol. The second kappa shape index (κ2) is 9.98. The maximum Gasteiger partial charge on any atom is 0.296 e. The van der Waals surface area contributed by atoms with Crippen LogP contribution in [0.15, 0.2) is 100 Å². The summed E-state index contributed by atoms with van der Waals surface area (Å²) in [5.41, 5.74) is 4.67. The van der Waals surface area contributed by atoms with Crippen molar-refractivity contribution in [3.63, 3.8) is 0 Å². The molecule has 36 heavy (non-hydrogen) atoms. The van der Waals surface area contributed by atoms with Gasteiger partial charge in [0.2, 0.25) is 0 Å². The van der Waals surface area contributed by atoms with E-state index in [-0.39, 0.29) is 12.2 Å². The van der Waals surface area contributed by atoms with Crippen LogP contribution in [0, 0.1) is 19.3 Å². The van der Waals surface area contributed by atoms with Gasteiger partial charge in [0.05, 0.1) is 22.8 Å². The van der Waals surface area contributed by atoms with Gasteiger partial charge >= 0.3 is 0 Å². The molecule has 0 saturated heterocycles. The molecule has 2 aromatic heterocycles. The summed E-state index contributed by atoms with van der Waals surface area (Å²) in [5, 5.41) is 2.03. The molecular formula is C29H24N4O2S. The molecule has 7 heteroatoms. The van der Waals surface area contributed by atoms with Gasteiger partial charge in [-0.3, -0.25) is 14.0 Å². The van der Waals surface area contributed by atoms with Crippen LogP contribution in [0.3, 0.4) is 0 Å². The van der Waals surface area contributed by atoms with Gasteiger partial charge in [-0.15, -0.1) is 17.8 Å². The van der Waals surface area contributed by atoms with E-state index < -0.39 is 0 Å². The second-order valence-corrected chi connectivity index (χ2v) is 8.95. The number of hydrogen-bond donors (Lipinski definition) is 0. The smallest absolute Gasteiger partial charge is 0.296 e. The van der Waals surface area contributed by atoms with Gasteiger partial charge in [-0.1, -0.05) is 42.3 Å². The lowest BCUT2D eigenvalue weighted by Crippen LogP contribution is -2.24. The van der Waals surface area contributed by atoms with E-state index in [9.17, 15) is 4.79 Å². The number of ether oxygens (including phenoxy) is 1. The van der Waals surface area contributed by atoms with Crippen LogP contribution < -0.4 is 15.1 Å². The zero-order valence-electron chi connectivity index (χ0n) is 20.0. The molecule has 5 rings (SSSR count). The first kappa shape index (κ1) is 23.2. The first-order valence-electron chi connectivity index (χ1n) is 11.4. The fourth-order valence-electron chi connectivity index (χ4n) is 4.08. The van der Waals surface area contributed by atoms with Crippen LogP contribution >= 0.6 is 11.3 Å². The maximum absolute atomic E-state index is 13.9. The Morgan fingerprint density at radius 1 is 0.972 bits per heavy atom. The summed E-state index contributed by atoms with van der Waals surface area (Å²) in [6.07, 6.45) is 5.31. The molecule has 0 saturated carbocycles. The highest BCUT2D eigenvalue weighted by Crippen LogP contribution is 2.27. The predicted octanol–water partition coefficient (Wildman–Crippen LogP) is 5.25. The molecular weight excluding hydrogens is 468 g/mol. The first-order chi connectivity index (χ1) is 17.6. The number of nitrogens with zero attached hydrogens (tertiary/aromatic N) is 4. The molecule has 0 radical (unpaired) electrons. The highest BCUT2D eigenvalue weighted by molar-refractivity contribution is 7.07. The predicted molar refractivity (Wildman–Crippen MR) is 144 cm³/mol. The first-order valence-corrected chi connectivity index (χ1v) is 12.3.